The average Bonchev–Trinajstić information content (AvgIpc) is 2.51. The normalized spacial score (nSPS) is 10.2. The molecule has 0 radical (unpaired) electrons. The van der Waals surface area contributed by atoms with Crippen LogP contribution < -0.4 is 0 Å². The van der Waals surface area contributed by atoms with Crippen LogP contribution in [0.25, 0.3) is 0 Å². The van der Waals surface area contributed by atoms with Crippen LogP contribution in [0.2, 0.25) is 0 Å². The van der Waals surface area contributed by atoms with Gasteiger partial charge in [-0.05, 0) is 25.0 Å². The third-order valence-corrected chi connectivity index (χ3v) is 3.49. The fourth-order valence-corrected chi connectivity index (χ4v) is 2.44. The second-order valence-electron chi connectivity index (χ2n) is 4.92. The van der Waals surface area contributed by atoms with E-state index in [1.165, 1.54) is 0 Å². The van der Waals surface area contributed by atoms with Gasteiger partial charge < -0.3 is 10.2 Å². The summed E-state index contributed by atoms with van der Waals surface area (Å²) >= 11 is 0. The zero-order chi connectivity index (χ0) is 16.1. The Labute approximate surface area is 129 Å². The van der Waals surface area contributed by atoms with Crippen LogP contribution in [0.4, 0.5) is 0 Å². The number of carbonyl (C=O) groups is 1. The molecule has 0 heterocycles. The molecule has 3 heteroatoms. The van der Waals surface area contributed by atoms with Gasteiger partial charge in [-0.1, -0.05) is 36.4 Å². The van der Waals surface area contributed by atoms with Crippen molar-refractivity contribution in [3.8, 4) is 11.5 Å². The van der Waals surface area contributed by atoms with E-state index in [-0.39, 0.29) is 17.3 Å². The monoisotopic (exact) mass is 294 g/mol. The van der Waals surface area contributed by atoms with Gasteiger partial charge in [-0.2, -0.15) is 0 Å². The predicted octanol–water partition coefficient (Wildman–Crippen LogP) is 3.79. The molecule has 0 aliphatic rings. The molecule has 0 saturated heterocycles. The summed E-state index contributed by atoms with van der Waals surface area (Å²) in [6.07, 6.45) is 4.06. The number of rotatable bonds is 6. The van der Waals surface area contributed by atoms with E-state index >= 15 is 0 Å². The van der Waals surface area contributed by atoms with Gasteiger partial charge in [0.2, 0.25) is 0 Å². The highest BCUT2D eigenvalue weighted by atomic mass is 16.3. The summed E-state index contributed by atoms with van der Waals surface area (Å²) in [6.45, 7) is 7.31. The Morgan fingerprint density at radius 2 is 1.27 bits per heavy atom. The van der Waals surface area contributed by atoms with Gasteiger partial charge >= 0.3 is 0 Å². The molecular weight excluding hydrogens is 276 g/mol. The maximum Gasteiger partial charge on any atom is 0.193 e. The van der Waals surface area contributed by atoms with E-state index in [9.17, 15) is 15.0 Å². The maximum absolute atomic E-state index is 12.9. The minimum absolute atomic E-state index is 0.0659. The van der Waals surface area contributed by atoms with E-state index in [1.54, 1.807) is 48.6 Å². The molecule has 2 aromatic carbocycles. The highest BCUT2D eigenvalue weighted by Gasteiger charge is 2.19. The number of allylic oxidation sites excluding steroid dienone is 2. The molecule has 0 bridgehead atoms. The number of hydrogen-bond acceptors (Lipinski definition) is 3. The molecule has 2 aromatic rings. The third-order valence-electron chi connectivity index (χ3n) is 3.49. The van der Waals surface area contributed by atoms with E-state index in [2.05, 4.69) is 13.2 Å². The number of hydrogen-bond donors (Lipinski definition) is 2. The van der Waals surface area contributed by atoms with Crippen molar-refractivity contribution in [3.63, 3.8) is 0 Å². The molecule has 0 aliphatic carbocycles. The first-order chi connectivity index (χ1) is 10.6. The number of ketones is 1. The van der Waals surface area contributed by atoms with Crippen molar-refractivity contribution in [3.05, 3.63) is 84.0 Å². The largest absolute Gasteiger partial charge is 0.508 e. The number of carbonyl (C=O) groups excluding carboxylic acids is 1. The predicted molar refractivity (Wildman–Crippen MR) is 87.4 cm³/mol. The molecule has 0 fully saturated rings. The Morgan fingerprint density at radius 3 is 1.64 bits per heavy atom. The molecule has 2 rings (SSSR count). The minimum Gasteiger partial charge on any atom is -0.508 e. The Balaban J connectivity index is 2.58. The van der Waals surface area contributed by atoms with Gasteiger partial charge in [0.15, 0.2) is 5.78 Å². The Hall–Kier alpha value is -2.81. The third kappa shape index (κ3) is 2.93. The average molecular weight is 294 g/mol. The maximum atomic E-state index is 12.9. The van der Waals surface area contributed by atoms with Crippen molar-refractivity contribution < 1.29 is 15.0 Å². The summed E-state index contributed by atoms with van der Waals surface area (Å²) in [5.74, 6) is -0.104. The van der Waals surface area contributed by atoms with Crippen molar-refractivity contribution in [2.75, 3.05) is 0 Å². The van der Waals surface area contributed by atoms with Crippen LogP contribution in [0, 0.1) is 0 Å². The van der Waals surface area contributed by atoms with Crippen LogP contribution in [0.3, 0.4) is 0 Å². The summed E-state index contributed by atoms with van der Waals surface area (Å²) < 4.78 is 0. The van der Waals surface area contributed by atoms with Gasteiger partial charge in [0, 0.05) is 22.3 Å². The van der Waals surface area contributed by atoms with Crippen molar-refractivity contribution in [2.45, 2.75) is 12.8 Å². The quantitative estimate of drug-likeness (QED) is 0.629. The van der Waals surface area contributed by atoms with Crippen LogP contribution in [-0.4, -0.2) is 16.0 Å². The smallest absolute Gasteiger partial charge is 0.193 e. The zero-order valence-electron chi connectivity index (χ0n) is 12.2. The minimum atomic E-state index is -0.236. The lowest BCUT2D eigenvalue weighted by atomic mass is 9.92. The summed E-state index contributed by atoms with van der Waals surface area (Å²) in [6, 6.07) is 9.69. The van der Waals surface area contributed by atoms with E-state index in [0.717, 1.165) is 0 Å². The highest BCUT2D eigenvalue weighted by molar-refractivity contribution is 6.11. The van der Waals surface area contributed by atoms with Gasteiger partial charge in [0.25, 0.3) is 0 Å². The molecular formula is C19H18O3. The molecule has 22 heavy (non-hydrogen) atoms. The van der Waals surface area contributed by atoms with Gasteiger partial charge in [0.05, 0.1) is 0 Å². The van der Waals surface area contributed by atoms with Crippen molar-refractivity contribution >= 4 is 5.78 Å². The fraction of sp³-hybridized carbons (Fsp3) is 0.105. The number of phenolic OH excluding ortho intramolecular Hbond substituents is 2. The molecule has 0 amide bonds. The first-order valence-corrected chi connectivity index (χ1v) is 6.98. The summed E-state index contributed by atoms with van der Waals surface area (Å²) in [7, 11) is 0. The standard InChI is InChI=1S/C19H18O3/c1-3-7-13-15(9-5-11-17(13)20)19(22)16-10-6-12-18(21)14(16)8-4-2/h3-6,9-12,20-21H,1-2,7-8H2. The first kappa shape index (κ1) is 15.6. The second-order valence-corrected chi connectivity index (χ2v) is 4.92. The highest BCUT2D eigenvalue weighted by Crippen LogP contribution is 2.28. The summed E-state index contributed by atoms with van der Waals surface area (Å²) in [5, 5.41) is 20.0. The Kier molecular flexibility index (Phi) is 4.79. The molecule has 0 spiro atoms. The molecule has 3 nitrogen and oxygen atoms in total. The van der Waals surface area contributed by atoms with E-state index in [0.29, 0.717) is 35.1 Å². The number of aromatic hydroxyl groups is 2. The lowest BCUT2D eigenvalue weighted by Gasteiger charge is -2.12. The number of phenols is 2. The van der Waals surface area contributed by atoms with Gasteiger partial charge in [-0.3, -0.25) is 4.79 Å². The van der Waals surface area contributed by atoms with Crippen molar-refractivity contribution in [2.24, 2.45) is 0 Å². The Morgan fingerprint density at radius 1 is 0.864 bits per heavy atom. The molecule has 0 atom stereocenters. The van der Waals surface area contributed by atoms with Crippen LogP contribution in [0.15, 0.2) is 61.7 Å². The molecule has 0 aliphatic heterocycles. The topological polar surface area (TPSA) is 57.5 Å². The summed E-state index contributed by atoms with van der Waals surface area (Å²) in [4.78, 5) is 12.9. The SMILES string of the molecule is C=CCc1c(O)cccc1C(=O)c1cccc(O)c1CC=C. The van der Waals surface area contributed by atoms with Gasteiger partial charge in [0.1, 0.15) is 11.5 Å². The molecule has 112 valence electrons. The van der Waals surface area contributed by atoms with Crippen LogP contribution >= 0.6 is 0 Å². The van der Waals surface area contributed by atoms with Crippen molar-refractivity contribution in [1.29, 1.82) is 0 Å². The fourth-order valence-electron chi connectivity index (χ4n) is 2.44. The lowest BCUT2D eigenvalue weighted by Crippen LogP contribution is -2.08. The van der Waals surface area contributed by atoms with Gasteiger partial charge in [-0.15, -0.1) is 13.2 Å². The molecule has 0 saturated carbocycles. The molecule has 0 unspecified atom stereocenters. The zero-order valence-corrected chi connectivity index (χ0v) is 12.2. The van der Waals surface area contributed by atoms with Crippen LogP contribution in [0.1, 0.15) is 27.0 Å². The van der Waals surface area contributed by atoms with E-state index < -0.39 is 0 Å². The van der Waals surface area contributed by atoms with Crippen LogP contribution in [0.5, 0.6) is 11.5 Å². The van der Waals surface area contributed by atoms with E-state index in [4.69, 9.17) is 0 Å². The van der Waals surface area contributed by atoms with Crippen LogP contribution in [-0.2, 0) is 12.8 Å². The number of benzene rings is 2. The van der Waals surface area contributed by atoms with E-state index in [1.807, 2.05) is 0 Å². The first-order valence-electron chi connectivity index (χ1n) is 6.98. The molecule has 2 N–H and O–H groups in total. The van der Waals surface area contributed by atoms with Gasteiger partial charge in [-0.25, -0.2) is 0 Å². The Bertz CT molecular complexity index is 668. The second kappa shape index (κ2) is 6.76. The molecule has 0 aromatic heterocycles. The summed E-state index contributed by atoms with van der Waals surface area (Å²) in [5.41, 5.74) is 1.90. The van der Waals surface area contributed by atoms with Crippen molar-refractivity contribution in [1.82, 2.24) is 0 Å². The lowest BCUT2D eigenvalue weighted by molar-refractivity contribution is 0.103.